The molecular formula is C15H20N2O8S. The average molecular weight is 388 g/mol. The van der Waals surface area contributed by atoms with Crippen molar-refractivity contribution in [2.75, 3.05) is 0 Å². The highest BCUT2D eigenvalue weighted by Crippen LogP contribution is 2.35. The summed E-state index contributed by atoms with van der Waals surface area (Å²) in [5.41, 5.74) is 0.625. The first-order valence-electron chi connectivity index (χ1n) is 7.73. The van der Waals surface area contributed by atoms with Gasteiger partial charge in [0.05, 0.1) is 18.6 Å². The van der Waals surface area contributed by atoms with E-state index in [0.29, 0.717) is 10.6 Å². The van der Waals surface area contributed by atoms with Gasteiger partial charge in [-0.05, 0) is 19.4 Å². The van der Waals surface area contributed by atoms with E-state index in [9.17, 15) is 28.3 Å². The molecule has 2 rings (SSSR count). The third kappa shape index (κ3) is 4.12. The van der Waals surface area contributed by atoms with Crippen LogP contribution in [0.25, 0.3) is 0 Å². The van der Waals surface area contributed by atoms with Crippen molar-refractivity contribution in [3.63, 3.8) is 0 Å². The van der Waals surface area contributed by atoms with Gasteiger partial charge in [-0.3, -0.25) is 14.6 Å². The van der Waals surface area contributed by atoms with Crippen molar-refractivity contribution in [3.8, 4) is 0 Å². The number of carbonyl (C=O) groups excluding carboxylic acids is 2. The van der Waals surface area contributed by atoms with E-state index in [-0.39, 0.29) is 10.8 Å². The Kier molecular flexibility index (Phi) is 5.86. The summed E-state index contributed by atoms with van der Waals surface area (Å²) in [4.78, 5) is 23.8. The summed E-state index contributed by atoms with van der Waals surface area (Å²) in [6.45, 7) is 2.40. The van der Waals surface area contributed by atoms with E-state index in [1.54, 1.807) is 30.3 Å². The van der Waals surface area contributed by atoms with Gasteiger partial charge in [0.1, 0.15) is 12.1 Å². The molecule has 0 aliphatic carbocycles. The average Bonchev–Trinajstić information content (AvgIpc) is 2.51. The molecule has 3 N–H and O–H groups in total. The lowest BCUT2D eigenvalue weighted by Crippen LogP contribution is -2.69. The molecule has 0 unspecified atom stereocenters. The summed E-state index contributed by atoms with van der Waals surface area (Å²) in [5.74, 6) is -2.17. The fourth-order valence-corrected chi connectivity index (χ4v) is 3.82. The zero-order valence-electron chi connectivity index (χ0n) is 14.1. The molecule has 2 amide bonds. The molecule has 1 aromatic carbocycles. The van der Waals surface area contributed by atoms with Crippen molar-refractivity contribution >= 4 is 22.3 Å². The quantitative estimate of drug-likeness (QED) is 0.275. The molecule has 0 spiro atoms. The van der Waals surface area contributed by atoms with Gasteiger partial charge in [0.25, 0.3) is 0 Å². The second-order valence-corrected chi connectivity index (χ2v) is 7.29. The van der Waals surface area contributed by atoms with Gasteiger partial charge >= 0.3 is 16.4 Å². The van der Waals surface area contributed by atoms with E-state index in [0.717, 1.165) is 0 Å². The second kappa shape index (κ2) is 7.58. The third-order valence-corrected chi connectivity index (χ3v) is 4.98. The first kappa shape index (κ1) is 20.1. The predicted octanol–water partition coefficient (Wildman–Crippen LogP) is 0.414. The molecule has 1 aliphatic heterocycles. The second-order valence-electron chi connectivity index (χ2n) is 6.00. The highest BCUT2D eigenvalue weighted by atomic mass is 32.2. The molecule has 26 heavy (non-hydrogen) atoms. The monoisotopic (exact) mass is 388 g/mol. The lowest BCUT2D eigenvalue weighted by molar-refractivity contribution is -0.163. The van der Waals surface area contributed by atoms with Gasteiger partial charge in [-0.15, -0.1) is 0 Å². The van der Waals surface area contributed by atoms with Crippen molar-refractivity contribution in [1.29, 1.82) is 0 Å². The Morgan fingerprint density at radius 3 is 2.38 bits per heavy atom. The fourth-order valence-electron chi connectivity index (χ4n) is 2.86. The van der Waals surface area contributed by atoms with Crippen molar-refractivity contribution < 1.29 is 37.6 Å². The maximum Gasteiger partial charge on any atom is 0.434 e. The first-order chi connectivity index (χ1) is 12.0. The van der Waals surface area contributed by atoms with E-state index < -0.39 is 46.5 Å². The number of β-lactam (4-membered cyclic amide) rings is 1. The molecule has 0 aromatic heterocycles. The van der Waals surface area contributed by atoms with Gasteiger partial charge in [0.15, 0.2) is 0 Å². The van der Waals surface area contributed by atoms with E-state index in [1.165, 1.54) is 13.8 Å². The van der Waals surface area contributed by atoms with Crippen molar-refractivity contribution in [2.45, 2.75) is 38.6 Å². The Morgan fingerprint density at radius 1 is 1.31 bits per heavy atom. The van der Waals surface area contributed by atoms with Gasteiger partial charge in [0.2, 0.25) is 5.91 Å². The summed E-state index contributed by atoms with van der Waals surface area (Å²) < 4.78 is 37.0. The van der Waals surface area contributed by atoms with Gasteiger partial charge in [0, 0.05) is 0 Å². The number of aliphatic hydroxyl groups is 1. The molecule has 1 aliphatic rings. The molecule has 0 radical (unpaired) electrons. The molecule has 1 fully saturated rings. The van der Waals surface area contributed by atoms with Gasteiger partial charge in [-0.2, -0.15) is 13.5 Å². The lowest BCUT2D eigenvalue weighted by Gasteiger charge is -2.47. The summed E-state index contributed by atoms with van der Waals surface area (Å²) in [5, 5.41) is 19.8. The number of ether oxygens (including phenoxy) is 1. The summed E-state index contributed by atoms with van der Waals surface area (Å²) >= 11 is 0. The van der Waals surface area contributed by atoms with Crippen molar-refractivity contribution in [1.82, 2.24) is 9.37 Å². The van der Waals surface area contributed by atoms with E-state index >= 15 is 0 Å². The number of amides is 2. The zero-order valence-corrected chi connectivity index (χ0v) is 14.9. The van der Waals surface area contributed by atoms with Crippen LogP contribution in [0.2, 0.25) is 0 Å². The molecule has 144 valence electrons. The van der Waals surface area contributed by atoms with Crippen LogP contribution in [0.1, 0.15) is 19.4 Å². The van der Waals surface area contributed by atoms with Gasteiger partial charge in [-0.25, -0.2) is 9.10 Å². The minimum absolute atomic E-state index is 0.154. The Labute approximate surface area is 150 Å². The van der Waals surface area contributed by atoms with Gasteiger partial charge in [-0.1, -0.05) is 30.3 Å². The number of aliphatic hydroxyl groups excluding tert-OH is 1. The predicted molar refractivity (Wildman–Crippen MR) is 87.1 cm³/mol. The number of hydroxylamine groups is 2. The highest BCUT2D eigenvalue weighted by molar-refractivity contribution is 7.84. The Bertz CT molecular complexity index is 767. The summed E-state index contributed by atoms with van der Waals surface area (Å²) in [6, 6.07) is 7.26. The molecule has 10 nitrogen and oxygen atoms in total. The molecule has 1 heterocycles. The molecule has 11 heteroatoms. The number of nitrogens with zero attached hydrogens (tertiary/aromatic N) is 2. The lowest BCUT2D eigenvalue weighted by atomic mass is 9.83. The SMILES string of the molecule is C[C@H](OC(=O)N(O)Cc1ccccc1)[C@@H]1[C@@H]([C@@H](C)O)C(=O)N1S(=O)(=O)O. The molecule has 0 saturated carbocycles. The van der Waals surface area contributed by atoms with Crippen LogP contribution < -0.4 is 0 Å². The van der Waals surface area contributed by atoms with E-state index in [1.807, 2.05) is 0 Å². The van der Waals surface area contributed by atoms with Crippen LogP contribution >= 0.6 is 0 Å². The third-order valence-electron chi connectivity index (χ3n) is 4.06. The van der Waals surface area contributed by atoms with Crippen LogP contribution in [-0.4, -0.2) is 62.9 Å². The first-order valence-corrected chi connectivity index (χ1v) is 9.13. The number of carbonyl (C=O) groups is 2. The minimum atomic E-state index is -4.88. The standard InChI is InChI=1S/C15H20N2O8S/c1-9(18)12-13(17(14(12)19)26(22,23)24)10(2)25-15(20)16(21)8-11-6-4-3-5-7-11/h3-7,9-10,12-13,18,21H,8H2,1-2H3,(H,22,23,24)/t9-,10+,12-,13-/m1/s1. The zero-order chi connectivity index (χ0) is 19.6. The molecule has 0 bridgehead atoms. The Balaban J connectivity index is 2.07. The van der Waals surface area contributed by atoms with Gasteiger partial charge < -0.3 is 9.84 Å². The minimum Gasteiger partial charge on any atom is -0.443 e. The number of rotatable bonds is 6. The number of hydrogen-bond donors (Lipinski definition) is 3. The Hall–Kier alpha value is -2.21. The molecule has 1 saturated heterocycles. The smallest absolute Gasteiger partial charge is 0.434 e. The number of benzene rings is 1. The Morgan fingerprint density at radius 2 is 1.88 bits per heavy atom. The number of hydrogen-bond acceptors (Lipinski definition) is 7. The summed E-state index contributed by atoms with van der Waals surface area (Å²) in [6.07, 6.45) is -3.60. The summed E-state index contributed by atoms with van der Waals surface area (Å²) in [7, 11) is -4.88. The van der Waals surface area contributed by atoms with Crippen LogP contribution in [0.5, 0.6) is 0 Å². The molecule has 4 atom stereocenters. The van der Waals surface area contributed by atoms with Crippen molar-refractivity contribution in [3.05, 3.63) is 35.9 Å². The van der Waals surface area contributed by atoms with Crippen LogP contribution in [0, 0.1) is 5.92 Å². The maximum atomic E-state index is 12.0. The van der Waals surface area contributed by atoms with Crippen LogP contribution in [-0.2, 0) is 26.4 Å². The fraction of sp³-hybridized carbons (Fsp3) is 0.467. The van der Waals surface area contributed by atoms with E-state index in [4.69, 9.17) is 9.29 Å². The molecular weight excluding hydrogens is 368 g/mol. The maximum absolute atomic E-state index is 12.0. The van der Waals surface area contributed by atoms with Crippen LogP contribution in [0.15, 0.2) is 30.3 Å². The normalized spacial score (nSPS) is 22.3. The van der Waals surface area contributed by atoms with Crippen LogP contribution in [0.3, 0.4) is 0 Å². The van der Waals surface area contributed by atoms with Crippen LogP contribution in [0.4, 0.5) is 4.79 Å². The van der Waals surface area contributed by atoms with E-state index in [2.05, 4.69) is 0 Å². The molecule has 1 aromatic rings. The topological polar surface area (TPSA) is 145 Å². The highest BCUT2D eigenvalue weighted by Gasteiger charge is 2.58. The largest absolute Gasteiger partial charge is 0.443 e. The van der Waals surface area contributed by atoms with Crippen molar-refractivity contribution in [2.24, 2.45) is 5.92 Å².